The molecule has 0 saturated heterocycles. The molecule has 0 spiro atoms. The molecule has 0 aliphatic carbocycles. The Kier molecular flexibility index (Phi) is 3.71. The molecule has 0 aliphatic rings. The van der Waals surface area contributed by atoms with Crippen molar-refractivity contribution < 1.29 is 4.39 Å². The minimum absolute atomic E-state index is 0.431. The zero-order chi connectivity index (χ0) is 17.4. The molecule has 1 aromatic carbocycles. The van der Waals surface area contributed by atoms with E-state index in [9.17, 15) is 9.65 Å². The second-order valence-electron chi connectivity index (χ2n) is 5.49. The summed E-state index contributed by atoms with van der Waals surface area (Å²) >= 11 is 6.28. The molecular weight excluding hydrogens is 341 g/mol. The van der Waals surface area contributed by atoms with E-state index in [-0.39, 0.29) is 0 Å². The molecule has 0 saturated carbocycles. The molecular formula is C18H11ClFN5. The molecule has 0 fully saturated rings. The van der Waals surface area contributed by atoms with Gasteiger partial charge in [-0.3, -0.25) is 0 Å². The molecule has 0 amide bonds. The van der Waals surface area contributed by atoms with Crippen LogP contribution < -0.4 is 0 Å². The highest BCUT2D eigenvalue weighted by Gasteiger charge is 2.15. The number of alkyl halides is 1. The van der Waals surface area contributed by atoms with Gasteiger partial charge in [0.2, 0.25) is 0 Å². The number of aromatic nitrogens is 4. The SMILES string of the molecule is N#Cc1cn(-c2ncnc3[nH]ccc23)cc1-c1cc(CF)ccc1Cl. The van der Waals surface area contributed by atoms with E-state index in [0.717, 1.165) is 5.39 Å². The molecule has 3 aromatic heterocycles. The molecule has 3 heterocycles. The lowest BCUT2D eigenvalue weighted by atomic mass is 10.0. The first-order valence-corrected chi connectivity index (χ1v) is 7.84. The van der Waals surface area contributed by atoms with Crippen LogP contribution in [-0.2, 0) is 6.67 Å². The number of fused-ring (bicyclic) bond motifs is 1. The van der Waals surface area contributed by atoms with E-state index in [1.54, 1.807) is 41.4 Å². The van der Waals surface area contributed by atoms with Crippen molar-refractivity contribution in [3.05, 3.63) is 65.3 Å². The summed E-state index contributed by atoms with van der Waals surface area (Å²) in [7, 11) is 0. The lowest BCUT2D eigenvalue weighted by Crippen LogP contribution is -1.95. The van der Waals surface area contributed by atoms with Crippen LogP contribution in [0, 0.1) is 11.3 Å². The molecule has 4 aromatic rings. The van der Waals surface area contributed by atoms with Gasteiger partial charge in [-0.05, 0) is 23.8 Å². The van der Waals surface area contributed by atoms with Gasteiger partial charge in [-0.1, -0.05) is 17.7 Å². The van der Waals surface area contributed by atoms with Crippen molar-refractivity contribution in [1.29, 1.82) is 5.26 Å². The molecule has 25 heavy (non-hydrogen) atoms. The topological polar surface area (TPSA) is 70.3 Å². The molecule has 0 bridgehead atoms. The van der Waals surface area contributed by atoms with Crippen molar-refractivity contribution in [3.8, 4) is 23.0 Å². The van der Waals surface area contributed by atoms with E-state index in [2.05, 4.69) is 21.0 Å². The minimum atomic E-state index is -0.595. The molecule has 1 N–H and O–H groups in total. The van der Waals surface area contributed by atoms with E-state index >= 15 is 0 Å². The maximum Gasteiger partial charge on any atom is 0.149 e. The Bertz CT molecular complexity index is 1120. The number of hydrogen-bond donors (Lipinski definition) is 1. The van der Waals surface area contributed by atoms with Crippen LogP contribution in [0.2, 0.25) is 5.02 Å². The number of halogens is 2. The Morgan fingerprint density at radius 3 is 2.88 bits per heavy atom. The van der Waals surface area contributed by atoms with Crippen molar-refractivity contribution in [2.75, 3.05) is 0 Å². The standard InChI is InChI=1S/C18H11ClFN5/c19-16-2-1-11(6-20)5-14(16)15-9-25(8-12(15)7-21)18-13-3-4-22-17(13)23-10-24-18/h1-5,8-10H,6H2,(H,22,23,24). The van der Waals surface area contributed by atoms with Crippen LogP contribution in [0.4, 0.5) is 4.39 Å². The van der Waals surface area contributed by atoms with Gasteiger partial charge in [0.25, 0.3) is 0 Å². The van der Waals surface area contributed by atoms with Crippen LogP contribution in [0.25, 0.3) is 28.0 Å². The van der Waals surface area contributed by atoms with Crippen LogP contribution in [0.3, 0.4) is 0 Å². The number of hydrogen-bond acceptors (Lipinski definition) is 3. The highest BCUT2D eigenvalue weighted by molar-refractivity contribution is 6.33. The van der Waals surface area contributed by atoms with Gasteiger partial charge in [0.05, 0.1) is 10.9 Å². The molecule has 0 atom stereocenters. The summed E-state index contributed by atoms with van der Waals surface area (Å²) in [6.45, 7) is -0.595. The van der Waals surface area contributed by atoms with Gasteiger partial charge in [0.15, 0.2) is 0 Å². The van der Waals surface area contributed by atoms with Gasteiger partial charge in [-0.15, -0.1) is 0 Å². The van der Waals surface area contributed by atoms with E-state index in [4.69, 9.17) is 11.6 Å². The van der Waals surface area contributed by atoms with Crippen molar-refractivity contribution >= 4 is 22.6 Å². The highest BCUT2D eigenvalue weighted by atomic mass is 35.5. The van der Waals surface area contributed by atoms with Crippen molar-refractivity contribution in [3.63, 3.8) is 0 Å². The number of nitriles is 1. The Hall–Kier alpha value is -3.17. The van der Waals surface area contributed by atoms with E-state index in [0.29, 0.717) is 38.7 Å². The van der Waals surface area contributed by atoms with Gasteiger partial charge in [-0.25, -0.2) is 14.4 Å². The minimum Gasteiger partial charge on any atom is -0.346 e. The van der Waals surface area contributed by atoms with Crippen LogP contribution in [0.15, 0.2) is 49.2 Å². The third kappa shape index (κ3) is 2.55. The van der Waals surface area contributed by atoms with E-state index in [1.165, 1.54) is 6.33 Å². The summed E-state index contributed by atoms with van der Waals surface area (Å²) in [5.41, 5.74) is 2.89. The summed E-state index contributed by atoms with van der Waals surface area (Å²) in [5, 5.41) is 10.8. The maximum absolute atomic E-state index is 13.0. The summed E-state index contributed by atoms with van der Waals surface area (Å²) in [5.74, 6) is 0.645. The first-order chi connectivity index (χ1) is 12.2. The third-order valence-electron chi connectivity index (χ3n) is 4.00. The Morgan fingerprint density at radius 1 is 1.20 bits per heavy atom. The fourth-order valence-corrected chi connectivity index (χ4v) is 3.03. The Morgan fingerprint density at radius 2 is 2.08 bits per heavy atom. The molecule has 4 rings (SSSR count). The Balaban J connectivity index is 1.92. The maximum atomic E-state index is 13.0. The normalized spacial score (nSPS) is 10.9. The molecule has 0 radical (unpaired) electrons. The molecule has 0 aliphatic heterocycles. The first kappa shape index (κ1) is 15.4. The second-order valence-corrected chi connectivity index (χ2v) is 5.90. The molecule has 7 heteroatoms. The van der Waals surface area contributed by atoms with Crippen LogP contribution in [-0.4, -0.2) is 19.5 Å². The van der Waals surface area contributed by atoms with E-state index < -0.39 is 6.67 Å². The molecule has 0 unspecified atom stereocenters. The van der Waals surface area contributed by atoms with Gasteiger partial charge < -0.3 is 9.55 Å². The van der Waals surface area contributed by atoms with Gasteiger partial charge in [-0.2, -0.15) is 5.26 Å². The average Bonchev–Trinajstić information content (AvgIpc) is 3.28. The van der Waals surface area contributed by atoms with Crippen molar-refractivity contribution in [2.24, 2.45) is 0 Å². The number of nitrogens with zero attached hydrogens (tertiary/aromatic N) is 4. The fraction of sp³-hybridized carbons (Fsp3) is 0.0556. The molecule has 5 nitrogen and oxygen atoms in total. The summed E-state index contributed by atoms with van der Waals surface area (Å²) in [6, 6.07) is 8.96. The smallest absolute Gasteiger partial charge is 0.149 e. The van der Waals surface area contributed by atoms with Crippen LogP contribution in [0.5, 0.6) is 0 Å². The van der Waals surface area contributed by atoms with Gasteiger partial charge >= 0.3 is 0 Å². The summed E-state index contributed by atoms with van der Waals surface area (Å²) < 4.78 is 14.8. The number of nitrogens with one attached hydrogen (secondary N) is 1. The predicted molar refractivity (Wildman–Crippen MR) is 93.2 cm³/mol. The third-order valence-corrected chi connectivity index (χ3v) is 4.33. The fourth-order valence-electron chi connectivity index (χ4n) is 2.81. The quantitative estimate of drug-likeness (QED) is 0.594. The second kappa shape index (κ2) is 6.04. The van der Waals surface area contributed by atoms with Crippen LogP contribution in [0.1, 0.15) is 11.1 Å². The highest BCUT2D eigenvalue weighted by Crippen LogP contribution is 2.33. The number of aromatic amines is 1. The summed E-state index contributed by atoms with van der Waals surface area (Å²) in [4.78, 5) is 11.5. The van der Waals surface area contributed by atoms with Crippen LogP contribution >= 0.6 is 11.6 Å². The van der Waals surface area contributed by atoms with E-state index in [1.807, 2.05) is 6.07 Å². The Labute approximate surface area is 147 Å². The number of rotatable bonds is 3. The number of H-pyrrole nitrogens is 1. The number of benzene rings is 1. The molecule has 122 valence electrons. The monoisotopic (exact) mass is 351 g/mol. The zero-order valence-electron chi connectivity index (χ0n) is 12.9. The predicted octanol–water partition coefficient (Wildman–Crippen LogP) is 4.41. The van der Waals surface area contributed by atoms with Crippen molar-refractivity contribution in [1.82, 2.24) is 19.5 Å². The van der Waals surface area contributed by atoms with Gasteiger partial charge in [0, 0.05) is 34.7 Å². The van der Waals surface area contributed by atoms with Crippen molar-refractivity contribution in [2.45, 2.75) is 6.67 Å². The zero-order valence-corrected chi connectivity index (χ0v) is 13.6. The lowest BCUT2D eigenvalue weighted by Gasteiger charge is -2.05. The largest absolute Gasteiger partial charge is 0.346 e. The summed E-state index contributed by atoms with van der Waals surface area (Å²) in [6.07, 6.45) is 6.69. The van der Waals surface area contributed by atoms with Gasteiger partial charge in [0.1, 0.15) is 30.5 Å². The average molecular weight is 352 g/mol. The first-order valence-electron chi connectivity index (χ1n) is 7.46. The lowest BCUT2D eigenvalue weighted by molar-refractivity contribution is 0.485.